The van der Waals surface area contributed by atoms with Crippen LogP contribution in [0.25, 0.3) is 0 Å². The minimum atomic E-state index is -0.425. The van der Waals surface area contributed by atoms with Gasteiger partial charge in [0.15, 0.2) is 0 Å². The summed E-state index contributed by atoms with van der Waals surface area (Å²) in [4.78, 5) is 0. The fourth-order valence-corrected chi connectivity index (χ4v) is 4.65. The van der Waals surface area contributed by atoms with E-state index in [4.69, 9.17) is 11.5 Å². The van der Waals surface area contributed by atoms with Gasteiger partial charge in [0.2, 0.25) is 0 Å². The summed E-state index contributed by atoms with van der Waals surface area (Å²) in [5.41, 5.74) is 12.9. The van der Waals surface area contributed by atoms with Gasteiger partial charge in [-0.05, 0) is 25.2 Å². The van der Waals surface area contributed by atoms with Gasteiger partial charge in [0.25, 0.3) is 0 Å². The lowest BCUT2D eigenvalue weighted by atomic mass is 9.81. The molecule has 1 atom stereocenters. The molecule has 1 aliphatic carbocycles. The number of rotatable bonds is 9. The molecular formula is C24H50N2. The maximum Gasteiger partial charge on any atom is 0.0665 e. The predicted molar refractivity (Wildman–Crippen MR) is 117 cm³/mol. The molecule has 1 unspecified atom stereocenters. The molecule has 156 valence electrons. The van der Waals surface area contributed by atoms with Crippen LogP contribution in [0.5, 0.6) is 0 Å². The Morgan fingerprint density at radius 3 is 1.65 bits per heavy atom. The molecule has 0 heterocycles. The van der Waals surface area contributed by atoms with E-state index in [-0.39, 0.29) is 0 Å². The van der Waals surface area contributed by atoms with E-state index >= 15 is 0 Å². The Morgan fingerprint density at radius 2 is 1.08 bits per heavy atom. The van der Waals surface area contributed by atoms with Crippen LogP contribution < -0.4 is 11.5 Å². The Bertz CT molecular complexity index is 301. The van der Waals surface area contributed by atoms with Crippen LogP contribution in [-0.2, 0) is 0 Å². The Kier molecular flexibility index (Phi) is 14.7. The van der Waals surface area contributed by atoms with Gasteiger partial charge in [0.1, 0.15) is 0 Å². The monoisotopic (exact) mass is 366 g/mol. The fraction of sp³-hybridized carbons (Fsp3) is 1.00. The first kappa shape index (κ1) is 24.0. The molecule has 0 spiro atoms. The van der Waals surface area contributed by atoms with E-state index in [1.807, 2.05) is 0 Å². The van der Waals surface area contributed by atoms with Crippen LogP contribution in [0.15, 0.2) is 0 Å². The van der Waals surface area contributed by atoms with Crippen LogP contribution >= 0.6 is 0 Å². The fourth-order valence-electron chi connectivity index (χ4n) is 4.65. The third-order valence-electron chi connectivity index (χ3n) is 6.58. The smallest absolute Gasteiger partial charge is 0.0665 e. The lowest BCUT2D eigenvalue weighted by Gasteiger charge is -2.35. The second-order valence-electron chi connectivity index (χ2n) is 9.15. The molecule has 26 heavy (non-hydrogen) atoms. The van der Waals surface area contributed by atoms with Crippen LogP contribution in [0.4, 0.5) is 0 Å². The molecule has 0 aromatic heterocycles. The van der Waals surface area contributed by atoms with Crippen molar-refractivity contribution in [3.8, 4) is 0 Å². The summed E-state index contributed by atoms with van der Waals surface area (Å²) in [6, 6.07) is 0. The topological polar surface area (TPSA) is 52.0 Å². The highest BCUT2D eigenvalue weighted by molar-refractivity contribution is 4.85. The first-order valence-electron chi connectivity index (χ1n) is 12.2. The molecule has 4 N–H and O–H groups in total. The van der Waals surface area contributed by atoms with E-state index in [9.17, 15) is 0 Å². The zero-order valence-electron chi connectivity index (χ0n) is 18.1. The molecule has 0 amide bonds. The standard InChI is InChI=1S/C24H50N2/c1-2-3-4-5-6-11-14-17-20-23-21-18-15-12-9-7-8-10-13-16-19-22-24(23,25)26/h23H,2-22,25-26H2,1H3. The summed E-state index contributed by atoms with van der Waals surface area (Å²) in [6.45, 7) is 2.29. The average Bonchev–Trinajstić information content (AvgIpc) is 2.62. The average molecular weight is 367 g/mol. The van der Waals surface area contributed by atoms with E-state index in [1.165, 1.54) is 128 Å². The molecule has 2 nitrogen and oxygen atoms in total. The van der Waals surface area contributed by atoms with Crippen LogP contribution in [0, 0.1) is 5.92 Å². The first-order valence-corrected chi connectivity index (χ1v) is 12.2. The second-order valence-corrected chi connectivity index (χ2v) is 9.15. The highest BCUT2D eigenvalue weighted by Crippen LogP contribution is 2.29. The lowest BCUT2D eigenvalue weighted by Crippen LogP contribution is -2.55. The van der Waals surface area contributed by atoms with Gasteiger partial charge >= 0.3 is 0 Å². The summed E-state index contributed by atoms with van der Waals surface area (Å²) >= 11 is 0. The van der Waals surface area contributed by atoms with Crippen molar-refractivity contribution in [1.82, 2.24) is 0 Å². The Balaban J connectivity index is 2.30. The lowest BCUT2D eigenvalue weighted by molar-refractivity contribution is 0.213. The van der Waals surface area contributed by atoms with Crippen LogP contribution in [-0.4, -0.2) is 5.66 Å². The van der Waals surface area contributed by atoms with E-state index in [0.717, 1.165) is 6.42 Å². The number of unbranched alkanes of at least 4 members (excludes halogenated alkanes) is 7. The molecule has 0 aromatic carbocycles. The highest BCUT2D eigenvalue weighted by atomic mass is 15.0. The minimum Gasteiger partial charge on any atom is -0.313 e. The second kappa shape index (κ2) is 15.9. The summed E-state index contributed by atoms with van der Waals surface area (Å²) in [5, 5.41) is 0. The Labute approximate surface area is 165 Å². The van der Waals surface area contributed by atoms with Crippen molar-refractivity contribution < 1.29 is 0 Å². The van der Waals surface area contributed by atoms with Crippen molar-refractivity contribution in [3.63, 3.8) is 0 Å². The van der Waals surface area contributed by atoms with E-state index in [1.54, 1.807) is 0 Å². The van der Waals surface area contributed by atoms with E-state index in [2.05, 4.69) is 6.92 Å². The summed E-state index contributed by atoms with van der Waals surface area (Å²) in [6.07, 6.45) is 28.4. The first-order chi connectivity index (χ1) is 12.7. The van der Waals surface area contributed by atoms with Gasteiger partial charge < -0.3 is 11.5 Å². The third kappa shape index (κ3) is 12.3. The minimum absolute atomic E-state index is 0.425. The molecular weight excluding hydrogens is 316 g/mol. The third-order valence-corrected chi connectivity index (χ3v) is 6.58. The molecule has 1 aliphatic rings. The number of nitrogens with two attached hydrogens (primary N) is 2. The molecule has 1 rings (SSSR count). The predicted octanol–water partition coefficient (Wildman–Crippen LogP) is 7.44. The molecule has 0 bridgehead atoms. The molecule has 0 saturated heterocycles. The largest absolute Gasteiger partial charge is 0.313 e. The van der Waals surface area contributed by atoms with Crippen molar-refractivity contribution in [2.24, 2.45) is 17.4 Å². The highest BCUT2D eigenvalue weighted by Gasteiger charge is 2.29. The van der Waals surface area contributed by atoms with Crippen molar-refractivity contribution in [2.45, 2.75) is 147 Å². The Hall–Kier alpha value is -0.0800. The Morgan fingerprint density at radius 1 is 0.615 bits per heavy atom. The van der Waals surface area contributed by atoms with Gasteiger partial charge in [0.05, 0.1) is 5.66 Å². The van der Waals surface area contributed by atoms with Crippen LogP contribution in [0.2, 0.25) is 0 Å². The normalized spacial score (nSPS) is 23.4. The molecule has 1 saturated carbocycles. The van der Waals surface area contributed by atoms with Gasteiger partial charge in [0, 0.05) is 0 Å². The SMILES string of the molecule is CCCCCCCCCCC1CCCCCCCCCCCCC1(N)N. The maximum atomic E-state index is 6.65. The van der Waals surface area contributed by atoms with Crippen LogP contribution in [0.3, 0.4) is 0 Å². The van der Waals surface area contributed by atoms with Gasteiger partial charge in [-0.1, -0.05) is 122 Å². The van der Waals surface area contributed by atoms with Crippen molar-refractivity contribution >= 4 is 0 Å². The zero-order chi connectivity index (χ0) is 18.9. The van der Waals surface area contributed by atoms with E-state index in [0.29, 0.717) is 5.92 Å². The maximum absolute atomic E-state index is 6.65. The summed E-state index contributed by atoms with van der Waals surface area (Å²) in [5.74, 6) is 0.533. The molecule has 0 aromatic rings. The van der Waals surface area contributed by atoms with Gasteiger partial charge in [-0.2, -0.15) is 0 Å². The van der Waals surface area contributed by atoms with Crippen molar-refractivity contribution in [3.05, 3.63) is 0 Å². The van der Waals surface area contributed by atoms with E-state index < -0.39 is 5.66 Å². The quantitative estimate of drug-likeness (QED) is 0.329. The molecule has 0 radical (unpaired) electrons. The van der Waals surface area contributed by atoms with Crippen molar-refractivity contribution in [2.75, 3.05) is 0 Å². The molecule has 0 aliphatic heterocycles. The summed E-state index contributed by atoms with van der Waals surface area (Å²) < 4.78 is 0. The number of hydrogen-bond acceptors (Lipinski definition) is 2. The zero-order valence-corrected chi connectivity index (χ0v) is 18.1. The number of hydrogen-bond donors (Lipinski definition) is 2. The molecule has 1 fully saturated rings. The van der Waals surface area contributed by atoms with Crippen LogP contribution in [0.1, 0.15) is 142 Å². The molecule has 2 heteroatoms. The van der Waals surface area contributed by atoms with Gasteiger partial charge in [-0.25, -0.2) is 0 Å². The summed E-state index contributed by atoms with van der Waals surface area (Å²) in [7, 11) is 0. The van der Waals surface area contributed by atoms with Gasteiger partial charge in [-0.15, -0.1) is 0 Å². The van der Waals surface area contributed by atoms with Crippen molar-refractivity contribution in [1.29, 1.82) is 0 Å². The van der Waals surface area contributed by atoms with Gasteiger partial charge in [-0.3, -0.25) is 0 Å².